The van der Waals surface area contributed by atoms with E-state index in [2.05, 4.69) is 15.9 Å². The Kier molecular flexibility index (Phi) is 3.68. The Labute approximate surface area is 132 Å². The molecule has 21 heavy (non-hydrogen) atoms. The van der Waals surface area contributed by atoms with E-state index in [-0.39, 0.29) is 0 Å². The number of anilines is 1. The molecule has 0 fully saturated rings. The van der Waals surface area contributed by atoms with Gasteiger partial charge in [0.15, 0.2) is 0 Å². The standard InChI is InChI=1S/C17H18BrNO2/c1-21-16-5-2-13(18)8-12(16)10-17(20)7-6-11-9-14(19)3-4-15(11)17/h2-5,8-9,20H,6-7,10,19H2,1H3. The van der Waals surface area contributed by atoms with E-state index < -0.39 is 5.60 Å². The third kappa shape index (κ3) is 2.65. The number of methoxy groups -OCH3 is 1. The number of halogens is 1. The average Bonchev–Trinajstić information content (AvgIpc) is 2.76. The maximum atomic E-state index is 11.1. The molecule has 0 aliphatic heterocycles. The summed E-state index contributed by atoms with van der Waals surface area (Å²) in [4.78, 5) is 0. The molecule has 110 valence electrons. The number of fused-ring (bicyclic) bond motifs is 1. The second kappa shape index (κ2) is 5.35. The number of aryl methyl sites for hydroxylation is 1. The van der Waals surface area contributed by atoms with E-state index in [1.165, 1.54) is 0 Å². The molecular formula is C17H18BrNO2. The van der Waals surface area contributed by atoms with Gasteiger partial charge >= 0.3 is 0 Å². The van der Waals surface area contributed by atoms with E-state index in [1.807, 2.05) is 36.4 Å². The first-order valence-corrected chi connectivity index (χ1v) is 7.75. The zero-order chi connectivity index (χ0) is 15.0. The van der Waals surface area contributed by atoms with Gasteiger partial charge in [-0.25, -0.2) is 0 Å². The molecule has 1 aliphatic carbocycles. The van der Waals surface area contributed by atoms with Gasteiger partial charge in [-0.05, 0) is 59.9 Å². The van der Waals surface area contributed by atoms with Crippen molar-refractivity contribution in [3.05, 3.63) is 57.6 Å². The maximum absolute atomic E-state index is 11.1. The first-order valence-electron chi connectivity index (χ1n) is 6.95. The normalized spacial score (nSPS) is 20.3. The fourth-order valence-electron chi connectivity index (χ4n) is 3.13. The second-order valence-corrected chi connectivity index (χ2v) is 6.50. The van der Waals surface area contributed by atoms with Crippen molar-refractivity contribution in [1.29, 1.82) is 0 Å². The Bertz CT molecular complexity index is 686. The summed E-state index contributed by atoms with van der Waals surface area (Å²) in [5.41, 5.74) is 8.86. The minimum Gasteiger partial charge on any atom is -0.496 e. The van der Waals surface area contributed by atoms with E-state index in [4.69, 9.17) is 10.5 Å². The molecular weight excluding hydrogens is 330 g/mol. The van der Waals surface area contributed by atoms with Crippen LogP contribution in [0.1, 0.15) is 23.1 Å². The van der Waals surface area contributed by atoms with Crippen molar-refractivity contribution in [2.45, 2.75) is 24.9 Å². The molecule has 0 amide bonds. The quantitative estimate of drug-likeness (QED) is 0.836. The molecule has 0 aromatic heterocycles. The second-order valence-electron chi connectivity index (χ2n) is 5.58. The number of hydrogen-bond acceptors (Lipinski definition) is 3. The largest absolute Gasteiger partial charge is 0.496 e. The van der Waals surface area contributed by atoms with Crippen LogP contribution < -0.4 is 10.5 Å². The molecule has 0 saturated heterocycles. The molecule has 1 unspecified atom stereocenters. The molecule has 2 aromatic rings. The van der Waals surface area contributed by atoms with Crippen molar-refractivity contribution in [2.75, 3.05) is 12.8 Å². The Morgan fingerprint density at radius 1 is 1.29 bits per heavy atom. The lowest BCUT2D eigenvalue weighted by Gasteiger charge is -2.25. The number of nitrogens with two attached hydrogens (primary N) is 1. The Morgan fingerprint density at radius 2 is 2.10 bits per heavy atom. The number of aliphatic hydroxyl groups is 1. The molecule has 0 spiro atoms. The summed E-state index contributed by atoms with van der Waals surface area (Å²) >= 11 is 3.48. The van der Waals surface area contributed by atoms with Crippen molar-refractivity contribution < 1.29 is 9.84 Å². The molecule has 1 aliphatic rings. The first-order chi connectivity index (χ1) is 10.0. The van der Waals surface area contributed by atoms with Crippen LogP contribution in [-0.2, 0) is 18.4 Å². The van der Waals surface area contributed by atoms with Crippen molar-refractivity contribution in [1.82, 2.24) is 0 Å². The predicted molar refractivity (Wildman–Crippen MR) is 87.5 cm³/mol. The fraction of sp³-hybridized carbons (Fsp3) is 0.294. The molecule has 0 radical (unpaired) electrons. The summed E-state index contributed by atoms with van der Waals surface area (Å²) in [5.74, 6) is 0.801. The van der Waals surface area contributed by atoms with Gasteiger partial charge in [-0.1, -0.05) is 22.0 Å². The van der Waals surface area contributed by atoms with Crippen LogP contribution in [0.3, 0.4) is 0 Å². The summed E-state index contributed by atoms with van der Waals surface area (Å²) in [6, 6.07) is 11.6. The summed E-state index contributed by atoms with van der Waals surface area (Å²) in [6.07, 6.45) is 2.10. The summed E-state index contributed by atoms with van der Waals surface area (Å²) < 4.78 is 6.39. The Morgan fingerprint density at radius 3 is 2.86 bits per heavy atom. The average molecular weight is 348 g/mol. The number of nitrogen functional groups attached to an aromatic ring is 1. The molecule has 3 nitrogen and oxygen atoms in total. The molecule has 0 bridgehead atoms. The molecule has 2 aromatic carbocycles. The number of rotatable bonds is 3. The van der Waals surface area contributed by atoms with Gasteiger partial charge in [0, 0.05) is 16.6 Å². The smallest absolute Gasteiger partial charge is 0.122 e. The SMILES string of the molecule is COc1ccc(Br)cc1CC1(O)CCc2cc(N)ccc21. The van der Waals surface area contributed by atoms with Gasteiger partial charge in [0.05, 0.1) is 12.7 Å². The first kappa shape index (κ1) is 14.4. The van der Waals surface area contributed by atoms with Crippen LogP contribution in [0, 0.1) is 0 Å². The zero-order valence-corrected chi connectivity index (χ0v) is 13.5. The van der Waals surface area contributed by atoms with E-state index in [0.717, 1.165) is 39.0 Å². The Balaban J connectivity index is 1.98. The maximum Gasteiger partial charge on any atom is 0.122 e. The van der Waals surface area contributed by atoms with Crippen molar-refractivity contribution in [3.63, 3.8) is 0 Å². The summed E-state index contributed by atoms with van der Waals surface area (Å²) in [7, 11) is 1.65. The van der Waals surface area contributed by atoms with Crippen LogP contribution in [0.15, 0.2) is 40.9 Å². The van der Waals surface area contributed by atoms with Gasteiger partial charge < -0.3 is 15.6 Å². The number of benzene rings is 2. The predicted octanol–water partition coefficient (Wildman–Crippen LogP) is 3.42. The highest BCUT2D eigenvalue weighted by Crippen LogP contribution is 2.41. The highest BCUT2D eigenvalue weighted by molar-refractivity contribution is 9.10. The van der Waals surface area contributed by atoms with Gasteiger partial charge in [-0.3, -0.25) is 0 Å². The number of hydrogen-bond donors (Lipinski definition) is 2. The minimum atomic E-state index is -0.850. The van der Waals surface area contributed by atoms with Crippen LogP contribution in [0.25, 0.3) is 0 Å². The lowest BCUT2D eigenvalue weighted by Crippen LogP contribution is -2.25. The third-order valence-corrected chi connectivity index (χ3v) is 4.66. The lowest BCUT2D eigenvalue weighted by atomic mass is 9.88. The highest BCUT2D eigenvalue weighted by atomic mass is 79.9. The van der Waals surface area contributed by atoms with Crippen molar-refractivity contribution in [3.8, 4) is 5.75 Å². The molecule has 0 heterocycles. The zero-order valence-electron chi connectivity index (χ0n) is 11.9. The van der Waals surface area contributed by atoms with E-state index in [9.17, 15) is 5.11 Å². The van der Waals surface area contributed by atoms with E-state index >= 15 is 0 Å². The highest BCUT2D eigenvalue weighted by Gasteiger charge is 2.37. The monoisotopic (exact) mass is 347 g/mol. The van der Waals surface area contributed by atoms with Crippen molar-refractivity contribution >= 4 is 21.6 Å². The Hall–Kier alpha value is -1.52. The van der Waals surface area contributed by atoms with Gasteiger partial charge in [-0.2, -0.15) is 0 Å². The van der Waals surface area contributed by atoms with Gasteiger partial charge in [-0.15, -0.1) is 0 Å². The lowest BCUT2D eigenvalue weighted by molar-refractivity contribution is 0.0384. The topological polar surface area (TPSA) is 55.5 Å². The summed E-state index contributed by atoms with van der Waals surface area (Å²) in [5, 5.41) is 11.1. The molecule has 3 rings (SSSR count). The summed E-state index contributed by atoms with van der Waals surface area (Å²) in [6.45, 7) is 0. The van der Waals surface area contributed by atoms with Crippen molar-refractivity contribution in [2.24, 2.45) is 0 Å². The van der Waals surface area contributed by atoms with Crippen LogP contribution in [0.5, 0.6) is 5.75 Å². The van der Waals surface area contributed by atoms with Gasteiger partial charge in [0.25, 0.3) is 0 Å². The van der Waals surface area contributed by atoms with Gasteiger partial charge in [0.1, 0.15) is 5.75 Å². The van der Waals surface area contributed by atoms with E-state index in [0.29, 0.717) is 12.8 Å². The minimum absolute atomic E-state index is 0.534. The molecule has 0 saturated carbocycles. The molecule has 3 N–H and O–H groups in total. The van der Waals surface area contributed by atoms with Crippen LogP contribution in [0.4, 0.5) is 5.69 Å². The molecule has 1 atom stereocenters. The van der Waals surface area contributed by atoms with Crippen LogP contribution >= 0.6 is 15.9 Å². The molecule has 4 heteroatoms. The third-order valence-electron chi connectivity index (χ3n) is 4.16. The van der Waals surface area contributed by atoms with Crippen LogP contribution in [-0.4, -0.2) is 12.2 Å². The number of ether oxygens (including phenoxy) is 1. The van der Waals surface area contributed by atoms with E-state index in [1.54, 1.807) is 7.11 Å². The van der Waals surface area contributed by atoms with Gasteiger partial charge in [0.2, 0.25) is 0 Å². The fourth-order valence-corrected chi connectivity index (χ4v) is 3.54. The van der Waals surface area contributed by atoms with Crippen LogP contribution in [0.2, 0.25) is 0 Å².